The Labute approximate surface area is 142 Å². The van der Waals surface area contributed by atoms with Crippen LogP contribution < -0.4 is 15.2 Å². The summed E-state index contributed by atoms with van der Waals surface area (Å²) in [5.41, 5.74) is 2.71. The molecule has 0 amide bonds. The molecule has 0 bridgehead atoms. The Morgan fingerprint density at radius 2 is 2.08 bits per heavy atom. The molecule has 1 aliphatic heterocycles. The number of carboxylic acid groups (broad SMARTS) is 2. The number of carboxylic acids is 2. The van der Waals surface area contributed by atoms with Crippen LogP contribution in [0.2, 0.25) is 0 Å². The maximum Gasteiger partial charge on any atom is 0.328 e. The van der Waals surface area contributed by atoms with Crippen molar-refractivity contribution in [1.82, 2.24) is 0 Å². The first-order chi connectivity index (χ1) is 11.3. The summed E-state index contributed by atoms with van der Waals surface area (Å²) in [4.78, 5) is 19.0. The van der Waals surface area contributed by atoms with E-state index in [1.165, 1.54) is 17.5 Å². The third kappa shape index (κ3) is 7.28. The average molecular weight is 335 g/mol. The third-order valence-corrected chi connectivity index (χ3v) is 3.46. The second-order valence-electron chi connectivity index (χ2n) is 6.07. The van der Waals surface area contributed by atoms with Crippen LogP contribution in [0.5, 0.6) is 5.75 Å². The van der Waals surface area contributed by atoms with Crippen molar-refractivity contribution in [3.63, 3.8) is 0 Å². The van der Waals surface area contributed by atoms with E-state index in [9.17, 15) is 14.7 Å². The Morgan fingerprint density at radius 1 is 1.38 bits per heavy atom. The number of carbonyl (C=O) groups is 2. The minimum Gasteiger partial charge on any atom is -0.545 e. The lowest BCUT2D eigenvalue weighted by Gasteiger charge is -2.18. The van der Waals surface area contributed by atoms with Crippen molar-refractivity contribution in [3.8, 4) is 5.75 Å². The molecule has 1 aromatic carbocycles. The van der Waals surface area contributed by atoms with E-state index in [0.717, 1.165) is 18.8 Å². The first-order valence-corrected chi connectivity index (χ1v) is 8.00. The molecule has 1 aliphatic rings. The zero-order chi connectivity index (χ0) is 18.1. The molecule has 24 heavy (non-hydrogen) atoms. The number of rotatable bonds is 4. The Balaban J connectivity index is 0.000000307. The van der Waals surface area contributed by atoms with Gasteiger partial charge in [0, 0.05) is 12.5 Å². The van der Waals surface area contributed by atoms with E-state index in [1.807, 2.05) is 0 Å². The number of quaternary nitrogens is 1. The van der Waals surface area contributed by atoms with Gasteiger partial charge in [0.25, 0.3) is 0 Å². The minimum absolute atomic E-state index is 0.447. The van der Waals surface area contributed by atoms with E-state index in [1.54, 1.807) is 0 Å². The fraction of sp³-hybridized carbons (Fsp3) is 0.444. The highest BCUT2D eigenvalue weighted by molar-refractivity contribution is 5.88. The largest absolute Gasteiger partial charge is 0.545 e. The van der Waals surface area contributed by atoms with Crippen molar-refractivity contribution in [2.45, 2.75) is 45.7 Å². The number of aryl methyl sites for hydroxylation is 1. The standard InChI is InChI=1S/C14H21NO.C4H4O4/c1-10(2)15-13-5-4-8-16-14-7-6-11(3)9-12(13)14;5-3(6)1-2-4(7)8/h6-7,9-10,13,15H,4-5,8H2,1-3H3;1-2H,(H,5,6)(H,7,8)/b;2-1+. The molecule has 0 radical (unpaired) electrons. The van der Waals surface area contributed by atoms with Crippen molar-refractivity contribution in [1.29, 1.82) is 0 Å². The summed E-state index contributed by atoms with van der Waals surface area (Å²) in [7, 11) is 0. The quantitative estimate of drug-likeness (QED) is 0.783. The van der Waals surface area contributed by atoms with Crippen molar-refractivity contribution < 1.29 is 29.9 Å². The maximum absolute atomic E-state index is 9.53. The molecule has 2 rings (SSSR count). The van der Waals surface area contributed by atoms with Gasteiger partial charge in [-0.25, -0.2) is 4.79 Å². The summed E-state index contributed by atoms with van der Waals surface area (Å²) >= 11 is 0. The number of hydrogen-bond acceptors (Lipinski definition) is 4. The minimum atomic E-state index is -1.51. The van der Waals surface area contributed by atoms with Gasteiger partial charge >= 0.3 is 5.97 Å². The van der Waals surface area contributed by atoms with E-state index in [-0.39, 0.29) is 0 Å². The number of aliphatic carboxylic acids is 2. The number of fused-ring (bicyclic) bond motifs is 1. The Hall–Kier alpha value is -2.34. The third-order valence-electron chi connectivity index (χ3n) is 3.46. The van der Waals surface area contributed by atoms with Gasteiger partial charge in [-0.2, -0.15) is 0 Å². The molecule has 6 nitrogen and oxygen atoms in total. The van der Waals surface area contributed by atoms with Crippen LogP contribution in [0.1, 0.15) is 43.9 Å². The molecule has 1 atom stereocenters. The van der Waals surface area contributed by atoms with Crippen molar-refractivity contribution in [2.75, 3.05) is 6.61 Å². The van der Waals surface area contributed by atoms with Crippen LogP contribution in [-0.4, -0.2) is 29.7 Å². The van der Waals surface area contributed by atoms with Crippen LogP contribution in [0, 0.1) is 6.92 Å². The molecule has 1 heterocycles. The summed E-state index contributed by atoms with van der Waals surface area (Å²) in [6.45, 7) is 7.51. The SMILES string of the molecule is Cc1ccc2c(c1)C([NH2+]C(C)C)CCCO2.O=C([O-])/C=C/C(=O)O. The number of carbonyl (C=O) groups excluding carboxylic acids is 1. The van der Waals surface area contributed by atoms with E-state index in [4.69, 9.17) is 9.84 Å². The molecule has 0 saturated carbocycles. The van der Waals surface area contributed by atoms with Gasteiger partial charge in [-0.1, -0.05) is 11.6 Å². The molecular formula is C18H25NO5. The molecule has 1 unspecified atom stereocenters. The fourth-order valence-electron chi connectivity index (χ4n) is 2.53. The zero-order valence-electron chi connectivity index (χ0n) is 14.3. The van der Waals surface area contributed by atoms with Crippen molar-refractivity contribution in [3.05, 3.63) is 41.5 Å². The van der Waals surface area contributed by atoms with Crippen LogP contribution in [0.15, 0.2) is 30.4 Å². The van der Waals surface area contributed by atoms with Gasteiger partial charge < -0.3 is 25.1 Å². The molecule has 132 valence electrons. The van der Waals surface area contributed by atoms with Gasteiger partial charge in [-0.3, -0.25) is 0 Å². The number of ether oxygens (including phenoxy) is 1. The van der Waals surface area contributed by atoms with E-state index >= 15 is 0 Å². The monoisotopic (exact) mass is 335 g/mol. The highest BCUT2D eigenvalue weighted by atomic mass is 16.5. The van der Waals surface area contributed by atoms with Gasteiger partial charge in [-0.15, -0.1) is 0 Å². The molecule has 0 fully saturated rings. The van der Waals surface area contributed by atoms with Gasteiger partial charge in [0.15, 0.2) is 0 Å². The van der Waals surface area contributed by atoms with Crippen LogP contribution >= 0.6 is 0 Å². The molecule has 0 saturated heterocycles. The van der Waals surface area contributed by atoms with Crippen LogP contribution in [0.25, 0.3) is 0 Å². The number of nitrogens with two attached hydrogens (primary N) is 1. The molecule has 0 aromatic heterocycles. The molecule has 1 aromatic rings. The highest BCUT2D eigenvalue weighted by Crippen LogP contribution is 2.30. The van der Waals surface area contributed by atoms with E-state index in [0.29, 0.717) is 24.2 Å². The lowest BCUT2D eigenvalue weighted by atomic mass is 9.99. The normalized spacial score (nSPS) is 16.6. The molecule has 0 spiro atoms. The van der Waals surface area contributed by atoms with E-state index < -0.39 is 11.9 Å². The average Bonchev–Trinajstić information content (AvgIpc) is 2.68. The smallest absolute Gasteiger partial charge is 0.328 e. The lowest BCUT2D eigenvalue weighted by molar-refractivity contribution is -0.722. The summed E-state index contributed by atoms with van der Waals surface area (Å²) in [6, 6.07) is 7.74. The lowest BCUT2D eigenvalue weighted by Crippen LogP contribution is -2.89. The summed E-state index contributed by atoms with van der Waals surface area (Å²) in [5, 5.41) is 19.7. The number of benzene rings is 1. The summed E-state index contributed by atoms with van der Waals surface area (Å²) in [5.74, 6) is -1.72. The second-order valence-corrected chi connectivity index (χ2v) is 6.07. The maximum atomic E-state index is 9.53. The topological polar surface area (TPSA) is 103 Å². The zero-order valence-corrected chi connectivity index (χ0v) is 14.3. The predicted molar refractivity (Wildman–Crippen MR) is 87.5 cm³/mol. The second kappa shape index (κ2) is 9.72. The highest BCUT2D eigenvalue weighted by Gasteiger charge is 2.23. The van der Waals surface area contributed by atoms with Crippen molar-refractivity contribution >= 4 is 11.9 Å². The summed E-state index contributed by atoms with van der Waals surface area (Å²) < 4.78 is 5.80. The van der Waals surface area contributed by atoms with Gasteiger partial charge in [-0.05, 0) is 45.4 Å². The van der Waals surface area contributed by atoms with Gasteiger partial charge in [0.2, 0.25) is 0 Å². The molecular weight excluding hydrogens is 310 g/mol. The first kappa shape index (κ1) is 19.7. The van der Waals surface area contributed by atoms with E-state index in [2.05, 4.69) is 44.3 Å². The Kier molecular flexibility index (Phi) is 7.98. The molecule has 0 aliphatic carbocycles. The summed E-state index contributed by atoms with van der Waals surface area (Å²) in [6.07, 6.45) is 3.31. The number of hydrogen-bond donors (Lipinski definition) is 2. The predicted octanol–water partition coefficient (Wildman–Crippen LogP) is 0.558. The van der Waals surface area contributed by atoms with Crippen LogP contribution in [0.4, 0.5) is 0 Å². The van der Waals surface area contributed by atoms with Gasteiger partial charge in [0.05, 0.1) is 24.2 Å². The molecule has 6 heteroatoms. The fourth-order valence-corrected chi connectivity index (χ4v) is 2.53. The van der Waals surface area contributed by atoms with Crippen LogP contribution in [0.3, 0.4) is 0 Å². The Bertz CT molecular complexity index is 579. The van der Waals surface area contributed by atoms with Crippen molar-refractivity contribution in [2.24, 2.45) is 0 Å². The Morgan fingerprint density at radius 3 is 2.62 bits per heavy atom. The first-order valence-electron chi connectivity index (χ1n) is 8.00. The van der Waals surface area contributed by atoms with Gasteiger partial charge in [0.1, 0.15) is 11.8 Å². The molecule has 3 N–H and O–H groups in total. The van der Waals surface area contributed by atoms with Crippen LogP contribution in [-0.2, 0) is 9.59 Å².